The molecule has 0 radical (unpaired) electrons. The van der Waals surface area contributed by atoms with Gasteiger partial charge in [0.2, 0.25) is 5.13 Å². The highest BCUT2D eigenvalue weighted by molar-refractivity contribution is 7.20. The zero-order chi connectivity index (χ0) is 21.1. The minimum absolute atomic E-state index is 0.159. The van der Waals surface area contributed by atoms with Crippen molar-refractivity contribution >= 4 is 27.8 Å². The number of H-pyrrole nitrogens is 1. The van der Waals surface area contributed by atoms with Gasteiger partial charge in [-0.25, -0.2) is 4.98 Å². The van der Waals surface area contributed by atoms with E-state index in [1.54, 1.807) is 13.3 Å². The fraction of sp³-hybridized carbons (Fsp3) is 0.261. The van der Waals surface area contributed by atoms with Gasteiger partial charge in [-0.2, -0.15) is 4.68 Å². The summed E-state index contributed by atoms with van der Waals surface area (Å²) in [4.78, 5) is 22.4. The topological polar surface area (TPSA) is 72.3 Å². The van der Waals surface area contributed by atoms with E-state index in [1.165, 1.54) is 16.0 Å². The van der Waals surface area contributed by atoms with Crippen LogP contribution < -0.4 is 10.3 Å². The minimum atomic E-state index is -0.159. The number of hydrogen-bond donors (Lipinski definition) is 1. The van der Waals surface area contributed by atoms with E-state index >= 15 is 0 Å². The Hall–Kier alpha value is -3.19. The number of fused-ring (bicyclic) bond motifs is 1. The summed E-state index contributed by atoms with van der Waals surface area (Å²) in [7, 11) is 1.63. The van der Waals surface area contributed by atoms with Gasteiger partial charge in [0.25, 0.3) is 5.56 Å². The number of aromatic amines is 1. The molecule has 4 rings (SSSR count). The Morgan fingerprint density at radius 2 is 1.97 bits per heavy atom. The van der Waals surface area contributed by atoms with Crippen molar-refractivity contribution in [1.82, 2.24) is 14.8 Å². The predicted octanol–water partition coefficient (Wildman–Crippen LogP) is 4.92. The molecule has 0 aliphatic heterocycles. The molecule has 0 unspecified atom stereocenters. The molecule has 0 fully saturated rings. The summed E-state index contributed by atoms with van der Waals surface area (Å²) < 4.78 is 7.80. The molecule has 4 aromatic rings. The highest BCUT2D eigenvalue weighted by Gasteiger charge is 2.18. The van der Waals surface area contributed by atoms with Gasteiger partial charge in [-0.1, -0.05) is 37.3 Å². The third-order valence-electron chi connectivity index (χ3n) is 4.83. The van der Waals surface area contributed by atoms with Crippen LogP contribution in [-0.4, -0.2) is 34.6 Å². The van der Waals surface area contributed by atoms with Gasteiger partial charge >= 0.3 is 0 Å². The van der Waals surface area contributed by atoms with Crippen LogP contribution in [0, 0.1) is 5.92 Å². The molecule has 0 aliphatic rings. The van der Waals surface area contributed by atoms with Crippen LogP contribution >= 0.6 is 11.3 Å². The van der Waals surface area contributed by atoms with Crippen molar-refractivity contribution in [3.63, 3.8) is 0 Å². The van der Waals surface area contributed by atoms with Crippen LogP contribution in [0.1, 0.15) is 25.8 Å². The van der Waals surface area contributed by atoms with Crippen molar-refractivity contribution in [3.05, 3.63) is 64.4 Å². The molecule has 30 heavy (non-hydrogen) atoms. The number of nitrogens with one attached hydrogen (secondary N) is 1. The van der Waals surface area contributed by atoms with Crippen LogP contribution in [0.3, 0.4) is 0 Å². The monoisotopic (exact) mass is 420 g/mol. The highest BCUT2D eigenvalue weighted by atomic mass is 32.1. The first-order valence-corrected chi connectivity index (χ1v) is 10.7. The van der Waals surface area contributed by atoms with Gasteiger partial charge in [0.1, 0.15) is 5.75 Å². The summed E-state index contributed by atoms with van der Waals surface area (Å²) >= 11 is 1.48. The maximum atomic E-state index is 13.3. The maximum absolute atomic E-state index is 13.3. The Bertz CT molecular complexity index is 1200. The second kappa shape index (κ2) is 8.67. The fourth-order valence-electron chi connectivity index (χ4n) is 3.13. The fourth-order valence-corrected chi connectivity index (χ4v) is 4.05. The third kappa shape index (κ3) is 4.07. The third-order valence-corrected chi connectivity index (χ3v) is 5.86. The lowest BCUT2D eigenvalue weighted by atomic mass is 10.1. The van der Waals surface area contributed by atoms with Crippen LogP contribution in [0.15, 0.2) is 58.3 Å². The predicted molar refractivity (Wildman–Crippen MR) is 123 cm³/mol. The molecule has 6 nitrogen and oxygen atoms in total. The van der Waals surface area contributed by atoms with Gasteiger partial charge in [-0.15, -0.1) is 0 Å². The Morgan fingerprint density at radius 1 is 1.20 bits per heavy atom. The minimum Gasteiger partial charge on any atom is -0.497 e. The second-order valence-electron chi connectivity index (χ2n) is 7.45. The quantitative estimate of drug-likeness (QED) is 0.432. The summed E-state index contributed by atoms with van der Waals surface area (Å²) in [5.74, 6) is 1.33. The number of hydrogen-bond acceptors (Lipinski definition) is 5. The number of benzene rings is 2. The number of nitrogens with zero attached hydrogens (tertiary/aromatic N) is 3. The van der Waals surface area contributed by atoms with Gasteiger partial charge in [0.05, 0.1) is 28.6 Å². The summed E-state index contributed by atoms with van der Waals surface area (Å²) in [6.07, 6.45) is 2.66. The van der Waals surface area contributed by atoms with Gasteiger partial charge < -0.3 is 4.74 Å². The molecule has 0 atom stereocenters. The highest BCUT2D eigenvalue weighted by Crippen LogP contribution is 2.26. The summed E-state index contributed by atoms with van der Waals surface area (Å²) in [5.41, 5.74) is 2.85. The van der Waals surface area contributed by atoms with Crippen molar-refractivity contribution < 1.29 is 4.74 Å². The van der Waals surface area contributed by atoms with E-state index in [1.807, 2.05) is 48.5 Å². The lowest BCUT2D eigenvalue weighted by molar-refractivity contribution is 0.415. The smallest absolute Gasteiger partial charge is 0.282 e. The molecule has 2 aromatic carbocycles. The van der Waals surface area contributed by atoms with Crippen LogP contribution in [0.25, 0.3) is 26.6 Å². The number of aromatic nitrogens is 3. The molecule has 0 bridgehead atoms. The van der Waals surface area contributed by atoms with Gasteiger partial charge in [0.15, 0.2) is 0 Å². The van der Waals surface area contributed by atoms with Gasteiger partial charge in [-0.05, 0) is 48.7 Å². The maximum Gasteiger partial charge on any atom is 0.282 e. The summed E-state index contributed by atoms with van der Waals surface area (Å²) in [5, 5.41) is 3.86. The normalized spacial score (nSPS) is 11.7. The number of ether oxygens (including phenoxy) is 1. The first-order chi connectivity index (χ1) is 14.6. The largest absolute Gasteiger partial charge is 0.497 e. The van der Waals surface area contributed by atoms with E-state index in [0.717, 1.165) is 33.6 Å². The Morgan fingerprint density at radius 3 is 2.67 bits per heavy atom. The van der Waals surface area contributed by atoms with Gasteiger partial charge in [-0.3, -0.25) is 14.9 Å². The van der Waals surface area contributed by atoms with E-state index in [9.17, 15) is 4.79 Å². The van der Waals surface area contributed by atoms with Crippen LogP contribution in [0.5, 0.6) is 5.75 Å². The molecule has 0 saturated carbocycles. The lowest BCUT2D eigenvalue weighted by Gasteiger charge is -2.03. The Labute approximate surface area is 178 Å². The van der Waals surface area contributed by atoms with E-state index < -0.39 is 0 Å². The number of thiazole rings is 1. The van der Waals surface area contributed by atoms with Crippen molar-refractivity contribution in [2.24, 2.45) is 10.9 Å². The zero-order valence-electron chi connectivity index (χ0n) is 17.3. The van der Waals surface area contributed by atoms with Crippen LogP contribution in [0.4, 0.5) is 0 Å². The van der Waals surface area contributed by atoms with Crippen molar-refractivity contribution in [2.45, 2.75) is 20.3 Å². The van der Waals surface area contributed by atoms with Crippen LogP contribution in [-0.2, 0) is 0 Å². The molecule has 154 valence electrons. The second-order valence-corrected chi connectivity index (χ2v) is 8.46. The number of aliphatic imine (C=N–C) groups is 1. The Kier molecular flexibility index (Phi) is 5.81. The standard InChI is InChI=1S/C23H24N4O2S/c1-15(2)12-13-24-14-18-21(16-8-10-17(29-3)11-9-16)26-27(22(18)28)23-25-19-6-4-5-7-20(19)30-23/h4-11,14-15,26H,12-13H2,1-3H3. The van der Waals surface area contributed by atoms with Crippen molar-refractivity contribution in [1.29, 1.82) is 0 Å². The summed E-state index contributed by atoms with van der Waals surface area (Å²) in [6, 6.07) is 15.5. The first-order valence-electron chi connectivity index (χ1n) is 9.92. The number of rotatable bonds is 7. The molecule has 7 heteroatoms. The molecule has 2 aromatic heterocycles. The zero-order valence-corrected chi connectivity index (χ0v) is 18.1. The van der Waals surface area contributed by atoms with Gasteiger partial charge in [0, 0.05) is 18.3 Å². The number of para-hydroxylation sites is 1. The van der Waals surface area contributed by atoms with E-state index in [4.69, 9.17) is 4.74 Å². The average molecular weight is 421 g/mol. The van der Waals surface area contributed by atoms with Crippen molar-refractivity contribution in [3.8, 4) is 22.1 Å². The molecule has 2 heterocycles. The van der Waals surface area contributed by atoms with E-state index in [0.29, 0.717) is 23.2 Å². The van der Waals surface area contributed by atoms with Crippen molar-refractivity contribution in [2.75, 3.05) is 13.7 Å². The molecular weight excluding hydrogens is 396 g/mol. The first kappa shape index (κ1) is 20.1. The van der Waals surface area contributed by atoms with E-state index in [2.05, 4.69) is 28.9 Å². The molecule has 0 spiro atoms. The number of methoxy groups -OCH3 is 1. The molecule has 0 saturated heterocycles. The molecule has 0 amide bonds. The van der Waals surface area contributed by atoms with Crippen LogP contribution in [0.2, 0.25) is 0 Å². The molecular formula is C23H24N4O2S. The molecule has 0 aliphatic carbocycles. The Balaban J connectivity index is 1.80. The average Bonchev–Trinajstić information content (AvgIpc) is 3.32. The van der Waals surface area contributed by atoms with E-state index in [-0.39, 0.29) is 5.56 Å². The summed E-state index contributed by atoms with van der Waals surface area (Å²) in [6.45, 7) is 5.01. The lowest BCUT2D eigenvalue weighted by Crippen LogP contribution is -2.17. The SMILES string of the molecule is COc1ccc(-c2[nH]n(-c3nc4ccccc4s3)c(=O)c2C=NCCC(C)C)cc1. The molecule has 1 N–H and O–H groups in total.